The standard InChI is InChI=1S/C18H38O12/c19-10-11(20)15(27)16(28)17(29)18(7-1-4-12(21)22,8-2-5-13(23)24)30-9-3-6-14(25)26/h11-17,19-29H,1-10H2/t11-,15-,16+,17+/m1/s1. The summed E-state index contributed by atoms with van der Waals surface area (Å²) in [6.45, 7) is -0.968. The zero-order valence-electron chi connectivity index (χ0n) is 16.9. The highest BCUT2D eigenvalue weighted by molar-refractivity contribution is 4.96. The monoisotopic (exact) mass is 446 g/mol. The molecule has 0 heterocycles. The smallest absolute Gasteiger partial charge is 0.151 e. The molecule has 0 aliphatic heterocycles. The van der Waals surface area contributed by atoms with Crippen LogP contribution >= 0.6 is 0 Å². The van der Waals surface area contributed by atoms with Crippen LogP contribution in [0, 0.1) is 0 Å². The van der Waals surface area contributed by atoms with Gasteiger partial charge in [-0.15, -0.1) is 0 Å². The van der Waals surface area contributed by atoms with Gasteiger partial charge in [-0.3, -0.25) is 0 Å². The summed E-state index contributed by atoms with van der Waals surface area (Å²) in [7, 11) is 0. The summed E-state index contributed by atoms with van der Waals surface area (Å²) in [5.41, 5.74) is -1.60. The second kappa shape index (κ2) is 15.3. The third-order valence-electron chi connectivity index (χ3n) is 4.91. The first-order valence-electron chi connectivity index (χ1n) is 10.0. The van der Waals surface area contributed by atoms with Gasteiger partial charge < -0.3 is 60.9 Å². The molecule has 0 aromatic heterocycles. The van der Waals surface area contributed by atoms with Gasteiger partial charge in [0.15, 0.2) is 18.9 Å². The Kier molecular flexibility index (Phi) is 15.1. The molecule has 0 amide bonds. The van der Waals surface area contributed by atoms with E-state index in [1.54, 1.807) is 0 Å². The maximum Gasteiger partial charge on any atom is 0.151 e. The van der Waals surface area contributed by atoms with Crippen molar-refractivity contribution in [3.63, 3.8) is 0 Å². The topological polar surface area (TPSA) is 232 Å². The van der Waals surface area contributed by atoms with E-state index in [0.29, 0.717) is 0 Å². The van der Waals surface area contributed by atoms with Gasteiger partial charge in [0.2, 0.25) is 0 Å². The van der Waals surface area contributed by atoms with Crippen LogP contribution in [0.2, 0.25) is 0 Å². The molecule has 0 rings (SSSR count). The maximum atomic E-state index is 10.8. The minimum absolute atomic E-state index is 0.0337. The van der Waals surface area contributed by atoms with Crippen molar-refractivity contribution in [3.8, 4) is 0 Å². The molecule has 0 fully saturated rings. The summed E-state index contributed by atoms with van der Waals surface area (Å²) in [5, 5.41) is 104. The summed E-state index contributed by atoms with van der Waals surface area (Å²) in [6, 6.07) is 0. The Morgan fingerprint density at radius 1 is 0.600 bits per heavy atom. The van der Waals surface area contributed by atoms with Crippen molar-refractivity contribution in [2.45, 2.75) is 100 Å². The fourth-order valence-corrected chi connectivity index (χ4v) is 3.19. The molecular formula is C18H38O12. The van der Waals surface area contributed by atoms with Crippen LogP contribution in [0.4, 0.5) is 0 Å². The van der Waals surface area contributed by atoms with Gasteiger partial charge in [-0.2, -0.15) is 0 Å². The molecule has 0 saturated heterocycles. The molecule has 0 spiro atoms. The van der Waals surface area contributed by atoms with Crippen LogP contribution in [0.25, 0.3) is 0 Å². The molecule has 0 aliphatic rings. The van der Waals surface area contributed by atoms with Crippen LogP contribution in [0.1, 0.15) is 51.4 Å². The molecule has 182 valence electrons. The number of aliphatic hydroxyl groups excluding tert-OH is 8. The highest BCUT2D eigenvalue weighted by Gasteiger charge is 2.45. The molecule has 4 atom stereocenters. The predicted molar refractivity (Wildman–Crippen MR) is 101 cm³/mol. The Balaban J connectivity index is 5.57. The van der Waals surface area contributed by atoms with Crippen LogP contribution in [-0.2, 0) is 4.74 Å². The highest BCUT2D eigenvalue weighted by Crippen LogP contribution is 2.33. The van der Waals surface area contributed by atoms with Crippen molar-refractivity contribution in [2.24, 2.45) is 0 Å². The average molecular weight is 446 g/mol. The first kappa shape index (κ1) is 29.5. The number of ether oxygens (including phenoxy) is 1. The molecule has 0 saturated carbocycles. The van der Waals surface area contributed by atoms with E-state index in [0.717, 1.165) is 0 Å². The fourth-order valence-electron chi connectivity index (χ4n) is 3.19. The largest absolute Gasteiger partial charge is 0.394 e. The minimum Gasteiger partial charge on any atom is -0.394 e. The molecule has 0 bridgehead atoms. The van der Waals surface area contributed by atoms with Gasteiger partial charge in [0.05, 0.1) is 12.2 Å². The van der Waals surface area contributed by atoms with E-state index in [1.807, 2.05) is 0 Å². The van der Waals surface area contributed by atoms with Crippen LogP contribution in [0.15, 0.2) is 0 Å². The second-order valence-corrected chi connectivity index (χ2v) is 7.46. The molecule has 0 aliphatic carbocycles. The van der Waals surface area contributed by atoms with Crippen LogP contribution in [0.5, 0.6) is 0 Å². The van der Waals surface area contributed by atoms with Gasteiger partial charge in [-0.25, -0.2) is 0 Å². The van der Waals surface area contributed by atoms with Crippen LogP contribution in [0.3, 0.4) is 0 Å². The first-order chi connectivity index (χ1) is 14.0. The fraction of sp³-hybridized carbons (Fsp3) is 1.00. The molecule has 0 aromatic rings. The highest BCUT2D eigenvalue weighted by atomic mass is 16.5. The lowest BCUT2D eigenvalue weighted by molar-refractivity contribution is -0.201. The van der Waals surface area contributed by atoms with Crippen molar-refractivity contribution in [2.75, 3.05) is 13.2 Å². The van der Waals surface area contributed by atoms with E-state index in [9.17, 15) is 20.4 Å². The summed E-state index contributed by atoms with van der Waals surface area (Å²) in [6.07, 6.45) is -12.1. The summed E-state index contributed by atoms with van der Waals surface area (Å²) in [5.74, 6) is 0. The van der Waals surface area contributed by atoms with E-state index < -0.39 is 55.5 Å². The molecular weight excluding hydrogens is 408 g/mol. The molecule has 12 nitrogen and oxygen atoms in total. The molecule has 0 aromatic carbocycles. The Morgan fingerprint density at radius 2 is 1.03 bits per heavy atom. The van der Waals surface area contributed by atoms with Crippen LogP contribution in [-0.4, -0.2) is 118 Å². The third-order valence-corrected chi connectivity index (χ3v) is 4.91. The van der Waals surface area contributed by atoms with Gasteiger partial charge in [0.25, 0.3) is 0 Å². The predicted octanol–water partition coefficient (Wildman–Crippen LogP) is -3.77. The zero-order chi connectivity index (χ0) is 23.3. The second-order valence-electron chi connectivity index (χ2n) is 7.46. The molecule has 11 N–H and O–H groups in total. The Morgan fingerprint density at radius 3 is 1.43 bits per heavy atom. The minimum atomic E-state index is -1.95. The number of hydrogen-bond acceptors (Lipinski definition) is 12. The van der Waals surface area contributed by atoms with Crippen molar-refractivity contribution < 1.29 is 60.9 Å². The Bertz CT molecular complexity index is 406. The lowest BCUT2D eigenvalue weighted by Gasteiger charge is -2.42. The van der Waals surface area contributed by atoms with E-state index in [1.165, 1.54) is 0 Å². The number of aliphatic hydroxyl groups is 11. The van der Waals surface area contributed by atoms with Crippen molar-refractivity contribution in [3.05, 3.63) is 0 Å². The van der Waals surface area contributed by atoms with Crippen LogP contribution < -0.4 is 0 Å². The SMILES string of the molecule is OC[C@@H](O)[C@@H](O)[C@H](O)[C@H](O)C(CCCC(O)O)(CCCC(O)O)OCCCC(O)O. The summed E-state index contributed by atoms with van der Waals surface area (Å²) in [4.78, 5) is 0. The normalized spacial score (nSPS) is 17.0. The van der Waals surface area contributed by atoms with Gasteiger partial charge in [0.1, 0.15) is 24.4 Å². The summed E-state index contributed by atoms with van der Waals surface area (Å²) >= 11 is 0. The number of hydrogen-bond donors (Lipinski definition) is 11. The lowest BCUT2D eigenvalue weighted by Crippen LogP contribution is -2.57. The average Bonchev–Trinajstić information content (AvgIpc) is 2.67. The molecule has 0 radical (unpaired) electrons. The molecule has 0 unspecified atom stereocenters. The Labute approximate surface area is 175 Å². The Hall–Kier alpha value is -0.480. The maximum absolute atomic E-state index is 10.8. The van der Waals surface area contributed by atoms with Gasteiger partial charge in [-0.05, 0) is 44.9 Å². The van der Waals surface area contributed by atoms with E-state index >= 15 is 0 Å². The molecule has 12 heteroatoms. The zero-order valence-corrected chi connectivity index (χ0v) is 16.9. The summed E-state index contributed by atoms with van der Waals surface area (Å²) < 4.78 is 5.78. The van der Waals surface area contributed by atoms with Crippen molar-refractivity contribution in [1.29, 1.82) is 0 Å². The van der Waals surface area contributed by atoms with Crippen molar-refractivity contribution in [1.82, 2.24) is 0 Å². The first-order valence-corrected chi connectivity index (χ1v) is 10.0. The lowest BCUT2D eigenvalue weighted by atomic mass is 9.80. The van der Waals surface area contributed by atoms with Gasteiger partial charge >= 0.3 is 0 Å². The molecule has 30 heavy (non-hydrogen) atoms. The quantitative estimate of drug-likeness (QED) is 0.0719. The van der Waals surface area contributed by atoms with Gasteiger partial charge in [-0.1, -0.05) is 0 Å². The van der Waals surface area contributed by atoms with E-state index in [-0.39, 0.29) is 58.0 Å². The third kappa shape index (κ3) is 11.2. The van der Waals surface area contributed by atoms with E-state index in [4.69, 9.17) is 40.5 Å². The van der Waals surface area contributed by atoms with E-state index in [2.05, 4.69) is 0 Å². The number of rotatable bonds is 18. The van der Waals surface area contributed by atoms with Gasteiger partial charge in [0, 0.05) is 13.0 Å². The van der Waals surface area contributed by atoms with Crippen molar-refractivity contribution >= 4 is 0 Å².